The predicted octanol–water partition coefficient (Wildman–Crippen LogP) is 3.96. The van der Waals surface area contributed by atoms with Gasteiger partial charge in [-0.25, -0.2) is 4.98 Å². The monoisotopic (exact) mass is 232 g/mol. The van der Waals surface area contributed by atoms with Gasteiger partial charge >= 0.3 is 0 Å². The molecule has 1 aromatic heterocycles. The van der Waals surface area contributed by atoms with Gasteiger partial charge in [-0.1, -0.05) is 19.1 Å². The van der Waals surface area contributed by atoms with Crippen molar-refractivity contribution >= 4 is 5.82 Å². The van der Waals surface area contributed by atoms with Gasteiger partial charge in [-0.15, -0.1) is 6.58 Å². The Kier molecular flexibility index (Phi) is 6.38. The summed E-state index contributed by atoms with van der Waals surface area (Å²) in [6.45, 7) is 10.3. The van der Waals surface area contributed by atoms with E-state index >= 15 is 0 Å². The van der Waals surface area contributed by atoms with Crippen molar-refractivity contribution in [2.75, 3.05) is 18.0 Å². The molecule has 17 heavy (non-hydrogen) atoms. The number of anilines is 1. The van der Waals surface area contributed by atoms with Crippen LogP contribution >= 0.6 is 0 Å². The number of hydrogen-bond acceptors (Lipinski definition) is 2. The summed E-state index contributed by atoms with van der Waals surface area (Å²) in [6.07, 6.45) is 8.58. The Balaban J connectivity index is 2.59. The van der Waals surface area contributed by atoms with Gasteiger partial charge in [0.2, 0.25) is 0 Å². The van der Waals surface area contributed by atoms with Crippen LogP contribution in [0.2, 0.25) is 0 Å². The molecule has 0 aliphatic carbocycles. The van der Waals surface area contributed by atoms with Crippen LogP contribution in [0.4, 0.5) is 5.82 Å². The average molecular weight is 232 g/mol. The number of allylic oxidation sites excluding steroid dienone is 1. The molecule has 0 atom stereocenters. The van der Waals surface area contributed by atoms with Gasteiger partial charge < -0.3 is 4.90 Å². The fourth-order valence-corrected chi connectivity index (χ4v) is 1.99. The van der Waals surface area contributed by atoms with Crippen LogP contribution in [0.25, 0.3) is 0 Å². The smallest absolute Gasteiger partial charge is 0.131 e. The molecule has 1 heterocycles. The molecular formula is C15H24N2. The van der Waals surface area contributed by atoms with Crippen LogP contribution in [0.15, 0.2) is 31.0 Å². The van der Waals surface area contributed by atoms with Crippen molar-refractivity contribution < 1.29 is 0 Å². The maximum atomic E-state index is 4.50. The summed E-state index contributed by atoms with van der Waals surface area (Å²) < 4.78 is 0. The summed E-state index contributed by atoms with van der Waals surface area (Å²) >= 11 is 0. The summed E-state index contributed by atoms with van der Waals surface area (Å²) in [5.74, 6) is 1.15. The van der Waals surface area contributed by atoms with Gasteiger partial charge in [-0.3, -0.25) is 0 Å². The summed E-state index contributed by atoms with van der Waals surface area (Å²) in [7, 11) is 0. The second kappa shape index (κ2) is 7.88. The molecule has 0 saturated heterocycles. The molecule has 0 radical (unpaired) electrons. The van der Waals surface area contributed by atoms with Crippen molar-refractivity contribution in [2.24, 2.45) is 0 Å². The molecule has 0 fully saturated rings. The third-order valence-electron chi connectivity index (χ3n) is 2.86. The average Bonchev–Trinajstić information content (AvgIpc) is 2.34. The Morgan fingerprint density at radius 3 is 2.82 bits per heavy atom. The van der Waals surface area contributed by atoms with Crippen molar-refractivity contribution in [3.05, 3.63) is 36.5 Å². The molecule has 0 aromatic carbocycles. The molecule has 0 aliphatic rings. The van der Waals surface area contributed by atoms with E-state index in [-0.39, 0.29) is 0 Å². The molecule has 2 heteroatoms. The molecule has 94 valence electrons. The van der Waals surface area contributed by atoms with Crippen molar-refractivity contribution in [1.82, 2.24) is 4.98 Å². The fourth-order valence-electron chi connectivity index (χ4n) is 1.99. The largest absolute Gasteiger partial charge is 0.356 e. The highest BCUT2D eigenvalue weighted by Crippen LogP contribution is 2.17. The first-order chi connectivity index (χ1) is 8.29. The summed E-state index contributed by atoms with van der Waals surface area (Å²) in [4.78, 5) is 6.90. The minimum Gasteiger partial charge on any atom is -0.356 e. The highest BCUT2D eigenvalue weighted by atomic mass is 15.2. The quantitative estimate of drug-likeness (QED) is 0.498. The molecule has 0 spiro atoms. The summed E-state index contributed by atoms with van der Waals surface area (Å²) in [6, 6.07) is 4.13. The van der Waals surface area contributed by atoms with Crippen molar-refractivity contribution in [1.29, 1.82) is 0 Å². The van der Waals surface area contributed by atoms with Crippen LogP contribution in [0, 0.1) is 6.92 Å². The van der Waals surface area contributed by atoms with Gasteiger partial charge in [0.15, 0.2) is 0 Å². The third kappa shape index (κ3) is 4.59. The second-order valence-corrected chi connectivity index (χ2v) is 4.42. The van der Waals surface area contributed by atoms with Crippen molar-refractivity contribution in [2.45, 2.75) is 39.5 Å². The fraction of sp³-hybridized carbons (Fsp3) is 0.533. The van der Waals surface area contributed by atoms with Gasteiger partial charge in [0.05, 0.1) is 0 Å². The molecule has 0 unspecified atom stereocenters. The van der Waals surface area contributed by atoms with Crippen molar-refractivity contribution in [3.63, 3.8) is 0 Å². The molecule has 0 bridgehead atoms. The van der Waals surface area contributed by atoms with Gasteiger partial charge in [-0.2, -0.15) is 0 Å². The molecule has 0 saturated carbocycles. The highest BCUT2D eigenvalue weighted by Gasteiger charge is 2.08. The second-order valence-electron chi connectivity index (χ2n) is 4.42. The van der Waals surface area contributed by atoms with Crippen LogP contribution in [0.1, 0.15) is 38.2 Å². The first-order valence-corrected chi connectivity index (χ1v) is 6.57. The normalized spacial score (nSPS) is 10.2. The summed E-state index contributed by atoms with van der Waals surface area (Å²) in [5.41, 5.74) is 1.27. The first-order valence-electron chi connectivity index (χ1n) is 6.57. The summed E-state index contributed by atoms with van der Waals surface area (Å²) in [5, 5.41) is 0. The molecular weight excluding hydrogens is 208 g/mol. The van der Waals surface area contributed by atoms with E-state index in [2.05, 4.69) is 36.4 Å². The number of pyridine rings is 1. The lowest BCUT2D eigenvalue weighted by Crippen LogP contribution is -2.27. The maximum absolute atomic E-state index is 4.50. The van der Waals surface area contributed by atoms with Crippen molar-refractivity contribution in [3.8, 4) is 0 Å². The number of aromatic nitrogens is 1. The lowest BCUT2D eigenvalue weighted by atomic mass is 10.2. The van der Waals surface area contributed by atoms with E-state index in [1.807, 2.05) is 18.3 Å². The van der Waals surface area contributed by atoms with E-state index in [0.717, 1.165) is 31.7 Å². The van der Waals surface area contributed by atoms with Crippen LogP contribution in [-0.2, 0) is 0 Å². The van der Waals surface area contributed by atoms with E-state index in [4.69, 9.17) is 0 Å². The Morgan fingerprint density at radius 1 is 1.35 bits per heavy atom. The molecule has 1 aromatic rings. The van der Waals surface area contributed by atoms with Crippen LogP contribution in [0.5, 0.6) is 0 Å². The molecule has 0 aliphatic heterocycles. The standard InChI is InChI=1S/C15H24N2/c1-4-6-7-8-13-17(12-5-2)15-14(3)10-9-11-16-15/h4,9-11H,1,5-8,12-13H2,2-3H3. The SMILES string of the molecule is C=CCCCCN(CCC)c1ncccc1C. The first kappa shape index (κ1) is 13.8. The van der Waals surface area contributed by atoms with Gasteiger partial charge in [0, 0.05) is 19.3 Å². The van der Waals surface area contributed by atoms with E-state index in [9.17, 15) is 0 Å². The minimum absolute atomic E-state index is 1.09. The number of hydrogen-bond donors (Lipinski definition) is 0. The minimum atomic E-state index is 1.09. The van der Waals surface area contributed by atoms with Crippen LogP contribution in [-0.4, -0.2) is 18.1 Å². The van der Waals surface area contributed by atoms with Crippen LogP contribution in [0.3, 0.4) is 0 Å². The van der Waals surface area contributed by atoms with Gasteiger partial charge in [0.25, 0.3) is 0 Å². The Hall–Kier alpha value is -1.31. The van der Waals surface area contributed by atoms with Crippen LogP contribution < -0.4 is 4.90 Å². The van der Waals surface area contributed by atoms with E-state index in [1.165, 1.54) is 18.4 Å². The number of unbranched alkanes of at least 4 members (excludes halogenated alkanes) is 2. The Morgan fingerprint density at radius 2 is 2.18 bits per heavy atom. The molecule has 0 N–H and O–H groups in total. The zero-order chi connectivity index (χ0) is 12.5. The Labute approximate surface area is 105 Å². The number of nitrogens with zero attached hydrogens (tertiary/aromatic N) is 2. The Bertz CT molecular complexity index is 333. The van der Waals surface area contributed by atoms with Gasteiger partial charge in [-0.05, 0) is 44.2 Å². The van der Waals surface area contributed by atoms with E-state index in [1.54, 1.807) is 0 Å². The third-order valence-corrected chi connectivity index (χ3v) is 2.86. The zero-order valence-electron chi connectivity index (χ0n) is 11.2. The number of aryl methyl sites for hydroxylation is 1. The van der Waals surface area contributed by atoms with E-state index < -0.39 is 0 Å². The van der Waals surface area contributed by atoms with Gasteiger partial charge in [0.1, 0.15) is 5.82 Å². The molecule has 0 amide bonds. The highest BCUT2D eigenvalue weighted by molar-refractivity contribution is 5.45. The topological polar surface area (TPSA) is 16.1 Å². The molecule has 2 nitrogen and oxygen atoms in total. The zero-order valence-corrected chi connectivity index (χ0v) is 11.2. The molecule has 1 rings (SSSR count). The van der Waals surface area contributed by atoms with E-state index in [0.29, 0.717) is 0 Å². The maximum Gasteiger partial charge on any atom is 0.131 e. The predicted molar refractivity (Wildman–Crippen MR) is 75.5 cm³/mol. The number of rotatable bonds is 8. The lowest BCUT2D eigenvalue weighted by molar-refractivity contribution is 0.676. The lowest BCUT2D eigenvalue weighted by Gasteiger charge is -2.24.